The number of rotatable bonds is 4. The van der Waals surface area contributed by atoms with E-state index < -0.39 is 23.9 Å². The van der Waals surface area contributed by atoms with Crippen molar-refractivity contribution >= 4 is 16.9 Å². The Hall–Kier alpha value is -1.78. The predicted molar refractivity (Wildman–Crippen MR) is 75.7 cm³/mol. The maximum absolute atomic E-state index is 10.6. The van der Waals surface area contributed by atoms with E-state index in [0.717, 1.165) is 0 Å². The van der Waals surface area contributed by atoms with Crippen molar-refractivity contribution in [3.8, 4) is 0 Å². The third kappa shape index (κ3) is 2.14. The van der Waals surface area contributed by atoms with Gasteiger partial charge < -0.3 is 29.5 Å². The third-order valence-corrected chi connectivity index (χ3v) is 3.92. The number of nitrogen functional groups attached to an aromatic ring is 1. The van der Waals surface area contributed by atoms with Gasteiger partial charge in [-0.2, -0.15) is 0 Å². The third-order valence-electron chi connectivity index (χ3n) is 3.92. The van der Waals surface area contributed by atoms with Crippen LogP contribution in [-0.4, -0.2) is 51.7 Å². The maximum atomic E-state index is 10.6. The number of anilines is 1. The minimum absolute atomic E-state index is 0.161. The maximum Gasteiger partial charge on any atom is 0.196 e. The molecule has 0 radical (unpaired) electrons. The molecule has 3 heterocycles. The van der Waals surface area contributed by atoms with Crippen molar-refractivity contribution in [1.82, 2.24) is 9.97 Å². The molecule has 0 bridgehead atoms. The number of hydrogen-bond donors (Lipinski definition) is 4. The largest absolute Gasteiger partial charge is 0.458 e. The van der Waals surface area contributed by atoms with Gasteiger partial charge in [0.1, 0.15) is 35.8 Å². The molecule has 0 spiro atoms. The molecule has 4 atom stereocenters. The Balaban J connectivity index is 2.04. The number of aliphatic hydroxyl groups is 2. The van der Waals surface area contributed by atoms with Crippen LogP contribution >= 0.6 is 0 Å². The van der Waals surface area contributed by atoms with Gasteiger partial charge in [-0.1, -0.05) is 0 Å². The minimum Gasteiger partial charge on any atom is -0.458 e. The minimum atomic E-state index is -1.51. The van der Waals surface area contributed by atoms with E-state index >= 15 is 0 Å². The molecule has 0 aliphatic carbocycles. The standard InChI is InChI=1S/C13H18N4O5/c1-13(19)10(18)7(4-20-2)22-11(13)6-3-21-9-8(6)15-5-16-12(9)17-14/h3,5,7,10-11,18-19H,4,14H2,1-2H3,(H,15,16,17)/t7-,10-,11+,13-/m1/s1. The zero-order chi connectivity index (χ0) is 15.9. The van der Waals surface area contributed by atoms with Crippen molar-refractivity contribution in [3.63, 3.8) is 0 Å². The van der Waals surface area contributed by atoms with Crippen LogP contribution in [0.4, 0.5) is 5.82 Å². The molecule has 9 nitrogen and oxygen atoms in total. The normalized spacial score (nSPS) is 31.8. The summed E-state index contributed by atoms with van der Waals surface area (Å²) in [6, 6.07) is 0. The summed E-state index contributed by atoms with van der Waals surface area (Å²) >= 11 is 0. The number of nitrogens with one attached hydrogen (secondary N) is 1. The average Bonchev–Trinajstić information content (AvgIpc) is 3.01. The quantitative estimate of drug-likeness (QED) is 0.443. The number of furan rings is 1. The number of ether oxygens (including phenoxy) is 2. The first-order valence-corrected chi connectivity index (χ1v) is 6.74. The molecule has 2 aromatic rings. The molecule has 5 N–H and O–H groups in total. The van der Waals surface area contributed by atoms with Crippen molar-refractivity contribution in [1.29, 1.82) is 0 Å². The molecule has 0 saturated carbocycles. The van der Waals surface area contributed by atoms with E-state index in [1.54, 1.807) is 0 Å². The molecule has 2 aromatic heterocycles. The second-order valence-corrected chi connectivity index (χ2v) is 5.42. The van der Waals surface area contributed by atoms with Crippen LogP contribution in [0.15, 0.2) is 17.0 Å². The second-order valence-electron chi connectivity index (χ2n) is 5.42. The number of aromatic nitrogens is 2. The molecule has 1 saturated heterocycles. The highest BCUT2D eigenvalue weighted by molar-refractivity contribution is 5.86. The smallest absolute Gasteiger partial charge is 0.196 e. The van der Waals surface area contributed by atoms with Gasteiger partial charge in [0.25, 0.3) is 0 Å². The van der Waals surface area contributed by atoms with Crippen molar-refractivity contribution in [3.05, 3.63) is 18.2 Å². The fourth-order valence-electron chi connectivity index (χ4n) is 2.76. The monoisotopic (exact) mass is 310 g/mol. The molecule has 22 heavy (non-hydrogen) atoms. The molecule has 1 fully saturated rings. The molecule has 9 heteroatoms. The van der Waals surface area contributed by atoms with Crippen LogP contribution in [0.2, 0.25) is 0 Å². The molecule has 0 amide bonds. The summed E-state index contributed by atoms with van der Waals surface area (Å²) < 4.78 is 16.2. The average molecular weight is 310 g/mol. The van der Waals surface area contributed by atoms with E-state index in [4.69, 9.17) is 19.7 Å². The van der Waals surface area contributed by atoms with Crippen LogP contribution in [-0.2, 0) is 9.47 Å². The van der Waals surface area contributed by atoms with Crippen LogP contribution in [0.3, 0.4) is 0 Å². The number of fused-ring (bicyclic) bond motifs is 1. The first-order chi connectivity index (χ1) is 10.5. The van der Waals surface area contributed by atoms with Gasteiger partial charge in [-0.25, -0.2) is 15.8 Å². The molecule has 1 aliphatic rings. The van der Waals surface area contributed by atoms with Gasteiger partial charge in [-0.15, -0.1) is 0 Å². The van der Waals surface area contributed by atoms with Crippen molar-refractivity contribution in [2.24, 2.45) is 5.84 Å². The van der Waals surface area contributed by atoms with E-state index in [2.05, 4.69) is 15.4 Å². The molecule has 0 aromatic carbocycles. The Morgan fingerprint density at radius 3 is 2.95 bits per heavy atom. The Morgan fingerprint density at radius 1 is 1.50 bits per heavy atom. The van der Waals surface area contributed by atoms with Crippen molar-refractivity contribution in [2.75, 3.05) is 19.1 Å². The highest BCUT2D eigenvalue weighted by Crippen LogP contribution is 2.44. The number of hydrazine groups is 1. The molecule has 1 aliphatic heterocycles. The highest BCUT2D eigenvalue weighted by atomic mass is 16.6. The summed E-state index contributed by atoms with van der Waals surface area (Å²) in [5.74, 6) is 5.70. The lowest BCUT2D eigenvalue weighted by Gasteiger charge is -2.25. The van der Waals surface area contributed by atoms with Crippen molar-refractivity contribution < 1.29 is 24.1 Å². The molecule has 120 valence electrons. The molecular weight excluding hydrogens is 292 g/mol. The van der Waals surface area contributed by atoms with E-state index in [-0.39, 0.29) is 6.61 Å². The Kier molecular flexibility index (Phi) is 3.75. The summed E-state index contributed by atoms with van der Waals surface area (Å²) in [5.41, 5.74) is 2.22. The highest BCUT2D eigenvalue weighted by Gasteiger charge is 2.53. The lowest BCUT2D eigenvalue weighted by Crippen LogP contribution is -2.43. The van der Waals surface area contributed by atoms with Gasteiger partial charge in [0.05, 0.1) is 12.9 Å². The van der Waals surface area contributed by atoms with E-state index in [0.29, 0.717) is 22.5 Å². The zero-order valence-electron chi connectivity index (χ0n) is 12.2. The van der Waals surface area contributed by atoms with Gasteiger partial charge >= 0.3 is 0 Å². The summed E-state index contributed by atoms with van der Waals surface area (Å²) in [6.07, 6.45) is 0.175. The van der Waals surface area contributed by atoms with Crippen LogP contribution < -0.4 is 11.3 Å². The van der Waals surface area contributed by atoms with E-state index in [1.165, 1.54) is 26.6 Å². The number of methoxy groups -OCH3 is 1. The van der Waals surface area contributed by atoms with E-state index in [1.807, 2.05) is 0 Å². The molecule has 3 rings (SSSR count). The molecule has 0 unspecified atom stereocenters. The lowest BCUT2D eigenvalue weighted by atomic mass is 9.89. The first kappa shape index (κ1) is 15.1. The predicted octanol–water partition coefficient (Wildman–Crippen LogP) is -0.293. The summed E-state index contributed by atoms with van der Waals surface area (Å²) in [6.45, 7) is 1.66. The van der Waals surface area contributed by atoms with Crippen molar-refractivity contribution in [2.45, 2.75) is 30.8 Å². The molecular formula is C13H18N4O5. The fourth-order valence-corrected chi connectivity index (χ4v) is 2.76. The first-order valence-electron chi connectivity index (χ1n) is 6.74. The van der Waals surface area contributed by atoms with E-state index in [9.17, 15) is 10.2 Å². The fraction of sp³-hybridized carbons (Fsp3) is 0.538. The van der Waals surface area contributed by atoms with Gasteiger partial charge in [0.15, 0.2) is 11.4 Å². The van der Waals surface area contributed by atoms with Gasteiger partial charge in [0.2, 0.25) is 0 Å². The summed E-state index contributed by atoms with van der Waals surface area (Å²) in [4.78, 5) is 8.10. The topological polar surface area (TPSA) is 136 Å². The lowest BCUT2D eigenvalue weighted by molar-refractivity contribution is -0.0643. The zero-order valence-corrected chi connectivity index (χ0v) is 12.2. The number of hydrogen-bond acceptors (Lipinski definition) is 9. The van der Waals surface area contributed by atoms with Gasteiger partial charge in [0, 0.05) is 12.7 Å². The van der Waals surface area contributed by atoms with Gasteiger partial charge in [-0.05, 0) is 6.92 Å². The Labute approximate surface area is 126 Å². The van der Waals surface area contributed by atoms with Gasteiger partial charge in [-0.3, -0.25) is 0 Å². The second kappa shape index (κ2) is 5.45. The Morgan fingerprint density at radius 2 is 2.27 bits per heavy atom. The summed E-state index contributed by atoms with van der Waals surface area (Å²) in [7, 11) is 1.50. The SMILES string of the molecule is COC[C@H]1O[C@@H](c2coc3c(NN)ncnc23)[C@](C)(O)[C@@H]1O. The van der Waals surface area contributed by atoms with Crippen LogP contribution in [0.25, 0.3) is 11.1 Å². The van der Waals surface area contributed by atoms with Crippen LogP contribution in [0.5, 0.6) is 0 Å². The summed E-state index contributed by atoms with van der Waals surface area (Å²) in [5, 5.41) is 20.9. The Bertz CT molecular complexity index is 673. The van der Waals surface area contributed by atoms with Crippen LogP contribution in [0, 0.1) is 0 Å². The number of aliphatic hydroxyl groups excluding tert-OH is 1. The number of nitrogens with zero attached hydrogens (tertiary/aromatic N) is 2. The van der Waals surface area contributed by atoms with Crippen LogP contribution in [0.1, 0.15) is 18.6 Å². The number of nitrogens with two attached hydrogens (primary N) is 1.